The fraction of sp³-hybridized carbons (Fsp3) is 0.333. The summed E-state index contributed by atoms with van der Waals surface area (Å²) in [7, 11) is 0. The Labute approximate surface area is 159 Å². The van der Waals surface area contributed by atoms with Crippen molar-refractivity contribution in [2.24, 2.45) is 11.6 Å². The molecule has 0 atom stereocenters. The molecule has 1 aromatic heterocycles. The number of nitrogens with two attached hydrogens (primary N) is 3. The molecule has 8 heteroatoms. The van der Waals surface area contributed by atoms with E-state index in [1.807, 2.05) is 20.8 Å². The molecule has 26 heavy (non-hydrogen) atoms. The maximum atomic E-state index is 6.06. The number of hydrogen-bond donors (Lipinski definition) is 3. The molecule has 1 aromatic carbocycles. The third kappa shape index (κ3) is 6.42. The highest BCUT2D eigenvalue weighted by atomic mass is 35.5. The number of ether oxygens (including phenoxy) is 1. The number of rotatable bonds is 6. The third-order valence-corrected chi connectivity index (χ3v) is 3.71. The summed E-state index contributed by atoms with van der Waals surface area (Å²) in [5.41, 5.74) is 13.9. The molecule has 0 aliphatic heterocycles. The predicted molar refractivity (Wildman–Crippen MR) is 106 cm³/mol. The van der Waals surface area contributed by atoms with Gasteiger partial charge in [0.1, 0.15) is 24.0 Å². The van der Waals surface area contributed by atoms with Crippen molar-refractivity contribution in [3.8, 4) is 5.75 Å². The second-order valence-corrected chi connectivity index (χ2v) is 5.75. The minimum atomic E-state index is 0.209. The van der Waals surface area contributed by atoms with Crippen LogP contribution in [0, 0.1) is 6.92 Å². The smallest absolute Gasteiger partial charge is 0.132 e. The number of anilines is 1. The predicted octanol–water partition coefficient (Wildman–Crippen LogP) is 2.99. The van der Waals surface area contributed by atoms with Crippen molar-refractivity contribution in [3.05, 3.63) is 58.3 Å². The van der Waals surface area contributed by atoms with Gasteiger partial charge in [-0.15, -0.1) is 0 Å². The van der Waals surface area contributed by atoms with Crippen LogP contribution < -0.4 is 22.0 Å². The molecular weight excluding hydrogens is 352 g/mol. The summed E-state index contributed by atoms with van der Waals surface area (Å²) in [5, 5.41) is 2.14. The van der Waals surface area contributed by atoms with Gasteiger partial charge < -0.3 is 21.2 Å². The third-order valence-electron chi connectivity index (χ3n) is 3.46. The van der Waals surface area contributed by atoms with Gasteiger partial charge in [-0.1, -0.05) is 25.4 Å². The van der Waals surface area contributed by atoms with Crippen molar-refractivity contribution in [1.82, 2.24) is 15.0 Å². The number of nitrogen functional groups attached to an aromatic ring is 1. The summed E-state index contributed by atoms with van der Waals surface area (Å²) in [6.45, 7) is 8.14. The minimum Gasteiger partial charge on any atom is -0.487 e. The van der Waals surface area contributed by atoms with Crippen LogP contribution in [-0.4, -0.2) is 21.6 Å². The van der Waals surface area contributed by atoms with Gasteiger partial charge in [-0.25, -0.2) is 15.8 Å². The number of aromatic nitrogens is 2. The van der Waals surface area contributed by atoms with Crippen LogP contribution in [0.1, 0.15) is 32.2 Å². The van der Waals surface area contributed by atoms with Crippen LogP contribution >= 0.6 is 11.6 Å². The normalized spacial score (nSPS) is 11.2. The first-order valence-corrected chi connectivity index (χ1v) is 8.68. The number of allylic oxidation sites excluding steroid dienone is 1. The molecule has 0 radical (unpaired) electrons. The lowest BCUT2D eigenvalue weighted by molar-refractivity contribution is 0.318. The zero-order valence-corrected chi connectivity index (χ0v) is 16.4. The summed E-state index contributed by atoms with van der Waals surface area (Å²) >= 11 is 5.83. The first-order chi connectivity index (χ1) is 12.4. The quantitative estimate of drug-likeness (QED) is 0.522. The standard InChI is InChI=1S/C16H21ClN6O.C2H6/c1-10(15(18)9-24-14-5-3-13(17)4-6-14)23(20)8-12-7-21-11(2)22-16(12)19;1-2/h3-7H,8-9,18,20H2,1-2H3,(H2,19,21,22);1-2H3/b15-10-;. The summed E-state index contributed by atoms with van der Waals surface area (Å²) in [6.07, 6.45) is 1.66. The van der Waals surface area contributed by atoms with Gasteiger partial charge in [0.2, 0.25) is 0 Å². The zero-order chi connectivity index (χ0) is 19.7. The zero-order valence-electron chi connectivity index (χ0n) is 15.7. The van der Waals surface area contributed by atoms with Crippen molar-refractivity contribution in [3.63, 3.8) is 0 Å². The second kappa shape index (κ2) is 10.5. The Kier molecular flexibility index (Phi) is 8.67. The van der Waals surface area contributed by atoms with Gasteiger partial charge in [0, 0.05) is 22.5 Å². The van der Waals surface area contributed by atoms with Crippen molar-refractivity contribution in [2.75, 3.05) is 12.3 Å². The Morgan fingerprint density at radius 1 is 1.23 bits per heavy atom. The number of benzene rings is 1. The van der Waals surface area contributed by atoms with Crippen molar-refractivity contribution in [1.29, 1.82) is 0 Å². The van der Waals surface area contributed by atoms with Crippen molar-refractivity contribution < 1.29 is 4.74 Å². The highest BCUT2D eigenvalue weighted by molar-refractivity contribution is 6.30. The molecule has 1 heterocycles. The molecule has 0 fully saturated rings. The minimum absolute atomic E-state index is 0.209. The van der Waals surface area contributed by atoms with Gasteiger partial charge in [-0.05, 0) is 38.1 Å². The van der Waals surface area contributed by atoms with E-state index < -0.39 is 0 Å². The van der Waals surface area contributed by atoms with Gasteiger partial charge in [0.25, 0.3) is 0 Å². The summed E-state index contributed by atoms with van der Waals surface area (Å²) in [5.74, 6) is 7.75. The first kappa shape index (κ1) is 21.5. The highest BCUT2D eigenvalue weighted by Gasteiger charge is 2.10. The molecule has 0 saturated heterocycles. The van der Waals surface area contributed by atoms with E-state index in [9.17, 15) is 0 Å². The average Bonchev–Trinajstić information content (AvgIpc) is 2.64. The molecule has 2 aromatic rings. The van der Waals surface area contributed by atoms with Crippen molar-refractivity contribution in [2.45, 2.75) is 34.2 Å². The molecule has 7 nitrogen and oxygen atoms in total. The molecule has 0 aliphatic carbocycles. The maximum absolute atomic E-state index is 6.06. The molecule has 2 rings (SSSR count). The second-order valence-electron chi connectivity index (χ2n) is 5.31. The van der Waals surface area contributed by atoms with Crippen LogP contribution in [-0.2, 0) is 6.54 Å². The van der Waals surface area contributed by atoms with E-state index in [2.05, 4.69) is 9.97 Å². The largest absolute Gasteiger partial charge is 0.487 e. The average molecular weight is 379 g/mol. The first-order valence-electron chi connectivity index (χ1n) is 8.30. The lowest BCUT2D eigenvalue weighted by atomic mass is 10.2. The van der Waals surface area contributed by atoms with Crippen molar-refractivity contribution >= 4 is 17.4 Å². The Morgan fingerprint density at radius 2 is 1.85 bits per heavy atom. The Morgan fingerprint density at radius 3 is 2.42 bits per heavy atom. The van der Waals surface area contributed by atoms with E-state index in [0.717, 1.165) is 5.56 Å². The fourth-order valence-corrected chi connectivity index (χ4v) is 2.04. The Balaban J connectivity index is 0.00000163. The number of aryl methyl sites for hydroxylation is 1. The van der Waals surface area contributed by atoms with E-state index in [1.165, 1.54) is 5.01 Å². The van der Waals surface area contributed by atoms with Crippen LogP contribution in [0.15, 0.2) is 41.9 Å². The Hall–Kier alpha value is -2.51. The van der Waals surface area contributed by atoms with Crippen LogP contribution in [0.2, 0.25) is 5.02 Å². The summed E-state index contributed by atoms with van der Waals surface area (Å²) < 4.78 is 5.61. The van der Waals surface area contributed by atoms with E-state index in [0.29, 0.717) is 40.4 Å². The van der Waals surface area contributed by atoms with E-state index >= 15 is 0 Å². The number of hydrogen-bond acceptors (Lipinski definition) is 7. The van der Waals surface area contributed by atoms with Gasteiger partial charge in [0.05, 0.1) is 12.2 Å². The molecular formula is C18H27ClN6O. The molecule has 6 N–H and O–H groups in total. The monoisotopic (exact) mass is 378 g/mol. The molecule has 0 amide bonds. The number of hydrazine groups is 1. The van der Waals surface area contributed by atoms with Crippen LogP contribution in [0.3, 0.4) is 0 Å². The van der Waals surface area contributed by atoms with Crippen LogP contribution in [0.5, 0.6) is 5.75 Å². The number of nitrogens with zero attached hydrogens (tertiary/aromatic N) is 3. The van der Waals surface area contributed by atoms with Crippen LogP contribution in [0.25, 0.3) is 0 Å². The van der Waals surface area contributed by atoms with Gasteiger partial charge in [-0.3, -0.25) is 0 Å². The topological polar surface area (TPSA) is 116 Å². The molecule has 0 aliphatic rings. The Bertz CT molecular complexity index is 733. The summed E-state index contributed by atoms with van der Waals surface area (Å²) in [6, 6.07) is 7.04. The molecule has 0 unspecified atom stereocenters. The summed E-state index contributed by atoms with van der Waals surface area (Å²) in [4.78, 5) is 8.24. The maximum Gasteiger partial charge on any atom is 0.132 e. The van der Waals surface area contributed by atoms with Gasteiger partial charge in [0.15, 0.2) is 0 Å². The fourth-order valence-electron chi connectivity index (χ4n) is 1.92. The lowest BCUT2D eigenvalue weighted by Crippen LogP contribution is -2.32. The molecule has 0 bridgehead atoms. The number of halogens is 1. The van der Waals surface area contributed by atoms with E-state index in [4.69, 9.17) is 33.6 Å². The highest BCUT2D eigenvalue weighted by Crippen LogP contribution is 2.17. The van der Waals surface area contributed by atoms with Gasteiger partial charge >= 0.3 is 0 Å². The molecule has 142 valence electrons. The molecule has 0 spiro atoms. The SMILES string of the molecule is C/C(=C(/N)COc1ccc(Cl)cc1)N(N)Cc1cnc(C)nc1N.CC. The molecule has 0 saturated carbocycles. The van der Waals surface area contributed by atoms with E-state index in [-0.39, 0.29) is 6.61 Å². The van der Waals surface area contributed by atoms with Crippen LogP contribution in [0.4, 0.5) is 5.82 Å². The lowest BCUT2D eigenvalue weighted by Gasteiger charge is -2.22. The van der Waals surface area contributed by atoms with Gasteiger partial charge in [-0.2, -0.15) is 0 Å². The van der Waals surface area contributed by atoms with E-state index in [1.54, 1.807) is 37.4 Å².